The van der Waals surface area contributed by atoms with E-state index in [0.717, 1.165) is 0 Å². The summed E-state index contributed by atoms with van der Waals surface area (Å²) in [7, 11) is 2.98. The fourth-order valence-corrected chi connectivity index (χ4v) is 3.29. The van der Waals surface area contributed by atoms with Gasteiger partial charge in [0.05, 0.1) is 44.2 Å². The summed E-state index contributed by atoms with van der Waals surface area (Å²) in [4.78, 5) is 24.4. The third kappa shape index (κ3) is 7.67. The molecule has 2 amide bonds. The average Bonchev–Trinajstić information content (AvgIpc) is 2.79. The molecule has 0 unspecified atom stereocenters. The van der Waals surface area contributed by atoms with E-state index in [9.17, 15) is 9.59 Å². The van der Waals surface area contributed by atoms with Crippen molar-refractivity contribution in [3.05, 3.63) is 45.9 Å². The van der Waals surface area contributed by atoms with E-state index < -0.39 is 11.8 Å². The lowest BCUT2D eigenvalue weighted by Crippen LogP contribution is -2.34. The molecule has 0 aromatic heterocycles. The van der Waals surface area contributed by atoms with Crippen molar-refractivity contribution in [3.8, 4) is 23.0 Å². The van der Waals surface area contributed by atoms with E-state index in [1.54, 1.807) is 24.3 Å². The van der Waals surface area contributed by atoms with Gasteiger partial charge in [-0.3, -0.25) is 9.59 Å². The Morgan fingerprint density at radius 1 is 1.09 bits per heavy atom. The summed E-state index contributed by atoms with van der Waals surface area (Å²) in [6.07, 6.45) is 1.45. The highest BCUT2D eigenvalue weighted by Gasteiger charge is 2.14. The third-order valence-electron chi connectivity index (χ3n) is 4.14. The number of nitrogens with one attached hydrogen (secondary N) is 2. The number of ether oxygens (including phenoxy) is 4. The molecule has 178 valence electrons. The smallest absolute Gasteiger partial charge is 0.259 e. The highest BCUT2D eigenvalue weighted by Crippen LogP contribution is 2.37. The Hall–Kier alpha value is -3.27. The third-order valence-corrected chi connectivity index (χ3v) is 4.73. The quantitative estimate of drug-likeness (QED) is 0.346. The van der Waals surface area contributed by atoms with Gasteiger partial charge in [-0.1, -0.05) is 0 Å². The Morgan fingerprint density at radius 3 is 2.45 bits per heavy atom. The molecule has 0 saturated heterocycles. The Balaban J connectivity index is 1.96. The van der Waals surface area contributed by atoms with Gasteiger partial charge >= 0.3 is 0 Å². The summed E-state index contributed by atoms with van der Waals surface area (Å²) in [5, 5.41) is 6.48. The first-order valence-corrected chi connectivity index (χ1v) is 11.0. The van der Waals surface area contributed by atoms with Crippen LogP contribution in [0.4, 0.5) is 0 Å². The van der Waals surface area contributed by atoms with Gasteiger partial charge in [0.15, 0.2) is 23.0 Å². The van der Waals surface area contributed by atoms with Crippen LogP contribution in [0.5, 0.6) is 23.0 Å². The van der Waals surface area contributed by atoms with Crippen molar-refractivity contribution in [3.63, 3.8) is 0 Å². The maximum Gasteiger partial charge on any atom is 0.259 e. The normalized spacial score (nSPS) is 10.8. The number of hydrazone groups is 1. The van der Waals surface area contributed by atoms with Gasteiger partial charge < -0.3 is 24.3 Å². The second-order valence-corrected chi connectivity index (χ2v) is 7.83. The number of hydrogen-bond donors (Lipinski definition) is 2. The summed E-state index contributed by atoms with van der Waals surface area (Å²) >= 11 is 3.48. The number of nitrogens with zero attached hydrogens (tertiary/aromatic N) is 1. The number of methoxy groups -OCH3 is 2. The molecule has 2 rings (SSSR count). The van der Waals surface area contributed by atoms with E-state index in [1.165, 1.54) is 26.5 Å². The number of carbonyl (C=O) groups excluding carboxylic acids is 2. The lowest BCUT2D eigenvalue weighted by atomic mass is 10.2. The SMILES string of the molecule is CCOc1cc(/C=N/NC(=O)CNC(=O)c2ccc(OC)c(OC)c2)cc(Br)c1OC(C)C. The van der Waals surface area contributed by atoms with Crippen LogP contribution in [0.15, 0.2) is 39.9 Å². The Morgan fingerprint density at radius 2 is 1.82 bits per heavy atom. The maximum absolute atomic E-state index is 12.3. The molecule has 0 aliphatic heterocycles. The minimum Gasteiger partial charge on any atom is -0.493 e. The predicted octanol–water partition coefficient (Wildman–Crippen LogP) is 3.53. The number of halogens is 1. The van der Waals surface area contributed by atoms with E-state index in [2.05, 4.69) is 31.8 Å². The standard InChI is InChI=1S/C23H28BrN3O6/c1-6-32-20-10-15(9-17(24)22(20)33-14(2)3)12-26-27-21(28)13-25-23(29)16-7-8-18(30-4)19(11-16)31-5/h7-12,14H,6,13H2,1-5H3,(H,25,29)(H,27,28)/b26-12+. The van der Waals surface area contributed by atoms with Crippen LogP contribution in [0.1, 0.15) is 36.7 Å². The van der Waals surface area contributed by atoms with E-state index >= 15 is 0 Å². The second-order valence-electron chi connectivity index (χ2n) is 6.98. The molecule has 9 nitrogen and oxygen atoms in total. The molecule has 0 saturated carbocycles. The fourth-order valence-electron chi connectivity index (χ4n) is 2.73. The topological polar surface area (TPSA) is 107 Å². The van der Waals surface area contributed by atoms with Crippen LogP contribution in [0.3, 0.4) is 0 Å². The molecule has 33 heavy (non-hydrogen) atoms. The van der Waals surface area contributed by atoms with Gasteiger partial charge in [-0.05, 0) is 72.6 Å². The van der Waals surface area contributed by atoms with Crippen LogP contribution in [-0.4, -0.2) is 51.5 Å². The zero-order valence-electron chi connectivity index (χ0n) is 19.2. The van der Waals surface area contributed by atoms with E-state index in [-0.39, 0.29) is 12.6 Å². The molecule has 0 aliphatic rings. The van der Waals surface area contributed by atoms with Gasteiger partial charge in [0.2, 0.25) is 0 Å². The molecule has 0 radical (unpaired) electrons. The van der Waals surface area contributed by atoms with Crippen molar-refractivity contribution < 1.29 is 28.5 Å². The summed E-state index contributed by atoms with van der Waals surface area (Å²) in [5.74, 6) is 1.18. The first kappa shape index (κ1) is 26.0. The van der Waals surface area contributed by atoms with Crippen LogP contribution in [0.2, 0.25) is 0 Å². The summed E-state index contributed by atoms with van der Waals surface area (Å²) < 4.78 is 22.5. The van der Waals surface area contributed by atoms with Crippen LogP contribution >= 0.6 is 15.9 Å². The first-order chi connectivity index (χ1) is 15.8. The molecule has 0 heterocycles. The second kappa shape index (κ2) is 12.7. The molecule has 0 atom stereocenters. The van der Waals surface area contributed by atoms with Crippen LogP contribution < -0.4 is 29.7 Å². The summed E-state index contributed by atoms with van der Waals surface area (Å²) in [5.41, 5.74) is 3.41. The first-order valence-electron chi connectivity index (χ1n) is 10.2. The van der Waals surface area contributed by atoms with Gasteiger partial charge in [0.25, 0.3) is 11.8 Å². The molecular formula is C23H28BrN3O6. The molecule has 0 bridgehead atoms. The largest absolute Gasteiger partial charge is 0.493 e. The van der Waals surface area contributed by atoms with Crippen molar-refractivity contribution in [1.29, 1.82) is 0 Å². The van der Waals surface area contributed by atoms with Gasteiger partial charge in [-0.25, -0.2) is 5.43 Å². The Labute approximate surface area is 201 Å². The predicted molar refractivity (Wildman–Crippen MR) is 129 cm³/mol. The molecule has 0 aliphatic carbocycles. The maximum atomic E-state index is 12.3. The molecular weight excluding hydrogens is 494 g/mol. The van der Waals surface area contributed by atoms with Gasteiger partial charge in [0, 0.05) is 5.56 Å². The molecule has 0 fully saturated rings. The zero-order chi connectivity index (χ0) is 24.4. The van der Waals surface area contributed by atoms with E-state index in [1.807, 2.05) is 20.8 Å². The highest BCUT2D eigenvalue weighted by molar-refractivity contribution is 9.10. The molecule has 2 N–H and O–H groups in total. The number of hydrogen-bond acceptors (Lipinski definition) is 7. The van der Waals surface area contributed by atoms with Crippen molar-refractivity contribution in [2.45, 2.75) is 26.9 Å². The van der Waals surface area contributed by atoms with Crippen LogP contribution in [0.25, 0.3) is 0 Å². The summed E-state index contributed by atoms with van der Waals surface area (Å²) in [6.45, 7) is 5.95. The number of carbonyl (C=O) groups is 2. The van der Waals surface area contributed by atoms with Crippen LogP contribution in [-0.2, 0) is 4.79 Å². The minimum atomic E-state index is -0.482. The number of benzene rings is 2. The lowest BCUT2D eigenvalue weighted by Gasteiger charge is -2.16. The molecule has 2 aromatic carbocycles. The lowest BCUT2D eigenvalue weighted by molar-refractivity contribution is -0.120. The average molecular weight is 522 g/mol. The van der Waals surface area contributed by atoms with Gasteiger partial charge in [0.1, 0.15) is 0 Å². The van der Waals surface area contributed by atoms with E-state index in [0.29, 0.717) is 45.2 Å². The van der Waals surface area contributed by atoms with Crippen LogP contribution in [0, 0.1) is 0 Å². The molecule has 2 aromatic rings. The monoisotopic (exact) mass is 521 g/mol. The summed E-state index contributed by atoms with van der Waals surface area (Å²) in [6, 6.07) is 8.29. The Bertz CT molecular complexity index is 1010. The van der Waals surface area contributed by atoms with Crippen molar-refractivity contribution in [2.24, 2.45) is 5.10 Å². The van der Waals surface area contributed by atoms with Gasteiger partial charge in [-0.15, -0.1) is 0 Å². The molecule has 10 heteroatoms. The van der Waals surface area contributed by atoms with Gasteiger partial charge in [-0.2, -0.15) is 5.10 Å². The van der Waals surface area contributed by atoms with Crippen molar-refractivity contribution >= 4 is 34.0 Å². The Kier molecular flexibility index (Phi) is 9.99. The number of amides is 2. The fraction of sp³-hybridized carbons (Fsp3) is 0.348. The minimum absolute atomic E-state index is 0.0199. The van der Waals surface area contributed by atoms with Crippen molar-refractivity contribution in [2.75, 3.05) is 27.4 Å². The zero-order valence-corrected chi connectivity index (χ0v) is 20.8. The van der Waals surface area contributed by atoms with E-state index in [4.69, 9.17) is 18.9 Å². The molecule has 0 spiro atoms. The van der Waals surface area contributed by atoms with Crippen molar-refractivity contribution in [1.82, 2.24) is 10.7 Å². The number of rotatable bonds is 11. The highest BCUT2D eigenvalue weighted by atomic mass is 79.9.